The Hall–Kier alpha value is -3.35. The summed E-state index contributed by atoms with van der Waals surface area (Å²) < 4.78 is 5.71. The maximum Gasteiger partial charge on any atom is 0.409 e. The smallest absolute Gasteiger partial charge is 0.409 e. The Balaban J connectivity index is 1.21. The number of ether oxygens (including phenoxy) is 1. The zero-order valence-electron chi connectivity index (χ0n) is 16.4. The van der Waals surface area contributed by atoms with Crippen LogP contribution in [0.15, 0.2) is 53.7 Å². The highest BCUT2D eigenvalue weighted by atomic mass is 16.7. The molecular weight excluding hydrogens is 384 g/mol. The highest BCUT2D eigenvalue weighted by molar-refractivity contribution is 6.36. The molecule has 1 saturated heterocycles. The van der Waals surface area contributed by atoms with Crippen LogP contribution in [0.25, 0.3) is 11.1 Å². The summed E-state index contributed by atoms with van der Waals surface area (Å²) >= 11 is 0. The van der Waals surface area contributed by atoms with Crippen molar-refractivity contribution in [3.05, 3.63) is 59.7 Å². The Labute approximate surface area is 173 Å². The van der Waals surface area contributed by atoms with Crippen molar-refractivity contribution in [1.82, 2.24) is 4.90 Å². The lowest BCUT2D eigenvalue weighted by Crippen LogP contribution is -2.47. The SMILES string of the molecule is O=C(O)C1=NOC2(CCN(C(=O)OCC3c4ccccc4-c4ccccc43)CC2)C1. The quantitative estimate of drug-likeness (QED) is 0.841. The van der Waals surface area contributed by atoms with E-state index < -0.39 is 11.6 Å². The molecule has 0 unspecified atom stereocenters. The highest BCUT2D eigenvalue weighted by Crippen LogP contribution is 2.44. The van der Waals surface area contributed by atoms with Crippen LogP contribution in [0.5, 0.6) is 0 Å². The molecule has 0 bridgehead atoms. The first-order valence-electron chi connectivity index (χ1n) is 10.1. The third-order valence-electron chi connectivity index (χ3n) is 6.35. The number of aliphatic carboxylic acids is 1. The largest absolute Gasteiger partial charge is 0.477 e. The molecule has 5 rings (SSSR count). The zero-order chi connectivity index (χ0) is 20.7. The normalized spacial score (nSPS) is 19.1. The van der Waals surface area contributed by atoms with Crippen molar-refractivity contribution >= 4 is 17.8 Å². The number of oxime groups is 1. The first-order chi connectivity index (χ1) is 14.6. The molecule has 7 nitrogen and oxygen atoms in total. The number of carbonyl (C=O) groups is 2. The minimum atomic E-state index is -1.05. The summed E-state index contributed by atoms with van der Waals surface area (Å²) in [6, 6.07) is 16.5. The van der Waals surface area contributed by atoms with Crippen LogP contribution >= 0.6 is 0 Å². The van der Waals surface area contributed by atoms with Gasteiger partial charge in [-0.05, 0) is 22.3 Å². The minimum absolute atomic E-state index is 0.0298. The van der Waals surface area contributed by atoms with E-state index in [0.29, 0.717) is 25.9 Å². The van der Waals surface area contributed by atoms with Gasteiger partial charge in [-0.3, -0.25) is 0 Å². The fraction of sp³-hybridized carbons (Fsp3) is 0.348. The number of carbonyl (C=O) groups excluding carboxylic acids is 1. The molecule has 3 aliphatic rings. The summed E-state index contributed by atoms with van der Waals surface area (Å²) in [5, 5.41) is 12.8. The summed E-state index contributed by atoms with van der Waals surface area (Å²) in [6.45, 7) is 1.20. The van der Waals surface area contributed by atoms with E-state index in [1.165, 1.54) is 22.3 Å². The summed E-state index contributed by atoms with van der Waals surface area (Å²) in [7, 11) is 0. The number of benzene rings is 2. The van der Waals surface area contributed by atoms with E-state index in [1.54, 1.807) is 4.90 Å². The Morgan fingerprint density at radius 3 is 2.23 bits per heavy atom. The predicted molar refractivity (Wildman–Crippen MR) is 109 cm³/mol. The van der Waals surface area contributed by atoms with Gasteiger partial charge in [0.1, 0.15) is 12.2 Å². The number of rotatable bonds is 3. The average molecular weight is 406 g/mol. The van der Waals surface area contributed by atoms with E-state index >= 15 is 0 Å². The number of carboxylic acids is 1. The third-order valence-corrected chi connectivity index (χ3v) is 6.35. The van der Waals surface area contributed by atoms with Gasteiger partial charge in [0.15, 0.2) is 5.71 Å². The number of likely N-dealkylation sites (tertiary alicyclic amines) is 1. The monoisotopic (exact) mass is 406 g/mol. The van der Waals surface area contributed by atoms with Gasteiger partial charge in [0, 0.05) is 38.3 Å². The van der Waals surface area contributed by atoms with Crippen molar-refractivity contribution in [2.24, 2.45) is 5.16 Å². The summed E-state index contributed by atoms with van der Waals surface area (Å²) in [4.78, 5) is 30.9. The second kappa shape index (κ2) is 7.16. The number of hydrogen-bond acceptors (Lipinski definition) is 5. The van der Waals surface area contributed by atoms with E-state index in [0.717, 1.165) is 0 Å². The number of amides is 1. The molecule has 1 aliphatic carbocycles. The highest BCUT2D eigenvalue weighted by Gasteiger charge is 2.45. The minimum Gasteiger partial charge on any atom is -0.477 e. The van der Waals surface area contributed by atoms with Crippen LogP contribution in [-0.2, 0) is 14.4 Å². The standard InChI is InChI=1S/C23H22N2O5/c26-21(27)20-13-23(30-24-20)9-11-25(12-10-23)22(28)29-14-19-17-7-3-1-5-15(17)16-6-2-4-8-18(16)19/h1-8,19H,9-14H2,(H,26,27). The molecule has 1 amide bonds. The first kappa shape index (κ1) is 18.7. The first-order valence-corrected chi connectivity index (χ1v) is 10.1. The van der Waals surface area contributed by atoms with Crippen LogP contribution in [0.3, 0.4) is 0 Å². The molecule has 0 aromatic heterocycles. The van der Waals surface area contributed by atoms with Gasteiger partial charge in [0.2, 0.25) is 0 Å². The average Bonchev–Trinajstić information content (AvgIpc) is 3.32. The summed E-state index contributed by atoms with van der Waals surface area (Å²) in [5.41, 5.74) is 4.20. The van der Waals surface area contributed by atoms with Crippen LogP contribution in [0.4, 0.5) is 4.79 Å². The molecule has 154 valence electrons. The molecule has 1 fully saturated rings. The molecule has 30 heavy (non-hydrogen) atoms. The van der Waals surface area contributed by atoms with Crippen molar-refractivity contribution in [2.75, 3.05) is 19.7 Å². The molecule has 2 aromatic rings. The van der Waals surface area contributed by atoms with E-state index in [9.17, 15) is 9.59 Å². The van der Waals surface area contributed by atoms with Crippen LogP contribution in [0.1, 0.15) is 36.3 Å². The van der Waals surface area contributed by atoms with Crippen LogP contribution in [0.2, 0.25) is 0 Å². The number of carboxylic acid groups (broad SMARTS) is 1. The maximum atomic E-state index is 12.7. The van der Waals surface area contributed by atoms with Gasteiger partial charge in [-0.15, -0.1) is 0 Å². The lowest BCUT2D eigenvalue weighted by Gasteiger charge is -2.36. The van der Waals surface area contributed by atoms with Crippen LogP contribution in [-0.4, -0.2) is 53.1 Å². The van der Waals surface area contributed by atoms with Gasteiger partial charge in [-0.25, -0.2) is 9.59 Å². The van der Waals surface area contributed by atoms with Gasteiger partial charge in [0.25, 0.3) is 0 Å². The van der Waals surface area contributed by atoms with Crippen molar-refractivity contribution in [3.63, 3.8) is 0 Å². The Kier molecular flexibility index (Phi) is 4.46. The Bertz CT molecular complexity index is 994. The van der Waals surface area contributed by atoms with Crippen molar-refractivity contribution in [3.8, 4) is 11.1 Å². The molecule has 2 aromatic carbocycles. The molecule has 0 radical (unpaired) electrons. The molecule has 2 aliphatic heterocycles. The third kappa shape index (κ3) is 3.10. The summed E-state index contributed by atoms with van der Waals surface area (Å²) in [6.07, 6.45) is 1.01. The second-order valence-corrected chi connectivity index (χ2v) is 8.09. The van der Waals surface area contributed by atoms with Gasteiger partial charge in [0.05, 0.1) is 0 Å². The van der Waals surface area contributed by atoms with E-state index in [1.807, 2.05) is 24.3 Å². The predicted octanol–water partition coefficient (Wildman–Crippen LogP) is 3.63. The van der Waals surface area contributed by atoms with Crippen LogP contribution < -0.4 is 0 Å². The molecule has 1 spiro atoms. The van der Waals surface area contributed by atoms with Gasteiger partial charge in [-0.1, -0.05) is 53.7 Å². The van der Waals surface area contributed by atoms with Crippen molar-refractivity contribution in [1.29, 1.82) is 0 Å². The van der Waals surface area contributed by atoms with Crippen molar-refractivity contribution < 1.29 is 24.3 Å². The van der Waals surface area contributed by atoms with E-state index in [4.69, 9.17) is 14.7 Å². The summed E-state index contributed by atoms with van der Waals surface area (Å²) in [5.74, 6) is -1.02. The Morgan fingerprint density at radius 1 is 1.07 bits per heavy atom. The number of nitrogens with zero attached hydrogens (tertiary/aromatic N) is 2. The molecule has 1 N–H and O–H groups in total. The Morgan fingerprint density at radius 2 is 1.67 bits per heavy atom. The molecule has 7 heteroatoms. The fourth-order valence-electron chi connectivity index (χ4n) is 4.69. The van der Waals surface area contributed by atoms with Gasteiger partial charge < -0.3 is 19.6 Å². The fourth-order valence-corrected chi connectivity index (χ4v) is 4.69. The van der Waals surface area contributed by atoms with E-state index in [2.05, 4.69) is 29.4 Å². The lowest BCUT2D eigenvalue weighted by molar-refractivity contribution is -0.129. The number of piperidine rings is 1. The van der Waals surface area contributed by atoms with Crippen LogP contribution in [0, 0.1) is 0 Å². The van der Waals surface area contributed by atoms with Crippen molar-refractivity contribution in [2.45, 2.75) is 30.8 Å². The molecule has 0 saturated carbocycles. The molecular formula is C23H22N2O5. The number of hydrogen-bond donors (Lipinski definition) is 1. The molecule has 2 heterocycles. The number of fused-ring (bicyclic) bond motifs is 3. The second-order valence-electron chi connectivity index (χ2n) is 8.09. The molecule has 0 atom stereocenters. The zero-order valence-corrected chi connectivity index (χ0v) is 16.4. The maximum absolute atomic E-state index is 12.7. The topological polar surface area (TPSA) is 88.4 Å². The van der Waals surface area contributed by atoms with E-state index in [-0.39, 0.29) is 30.8 Å². The van der Waals surface area contributed by atoms with Gasteiger partial charge >= 0.3 is 12.1 Å². The lowest BCUT2D eigenvalue weighted by atomic mass is 9.87. The van der Waals surface area contributed by atoms with Gasteiger partial charge in [-0.2, -0.15) is 0 Å².